The van der Waals surface area contributed by atoms with Gasteiger partial charge in [0.1, 0.15) is 11.5 Å². The van der Waals surface area contributed by atoms with Gasteiger partial charge in [0.2, 0.25) is 0 Å². The summed E-state index contributed by atoms with van der Waals surface area (Å²) in [6.07, 6.45) is 1.52. The number of hydrazine groups is 1. The number of rotatable bonds is 6. The third-order valence-electron chi connectivity index (χ3n) is 6.13. The van der Waals surface area contributed by atoms with Crippen LogP contribution in [0.25, 0.3) is 0 Å². The minimum absolute atomic E-state index is 0.164. The van der Waals surface area contributed by atoms with Crippen molar-refractivity contribution in [3.05, 3.63) is 88.9 Å². The van der Waals surface area contributed by atoms with E-state index in [9.17, 15) is 0 Å². The van der Waals surface area contributed by atoms with Crippen molar-refractivity contribution < 1.29 is 9.47 Å². The van der Waals surface area contributed by atoms with Crippen LogP contribution in [0.2, 0.25) is 5.02 Å². The zero-order valence-corrected chi connectivity index (χ0v) is 18.6. The molecule has 162 valence electrons. The van der Waals surface area contributed by atoms with Crippen molar-refractivity contribution in [1.82, 2.24) is 5.01 Å². The molecule has 0 saturated carbocycles. The normalized spacial score (nSPS) is 21.5. The van der Waals surface area contributed by atoms with Crippen LogP contribution in [-0.4, -0.2) is 31.9 Å². The first-order valence-corrected chi connectivity index (χ1v) is 10.8. The molecule has 3 aromatic rings. The Balaban J connectivity index is 1.60. The summed E-state index contributed by atoms with van der Waals surface area (Å²) in [6, 6.07) is 24.6. The third-order valence-corrected chi connectivity index (χ3v) is 6.43. The van der Waals surface area contributed by atoms with Crippen molar-refractivity contribution in [3.8, 4) is 11.5 Å². The molecule has 1 saturated heterocycles. The van der Waals surface area contributed by atoms with Gasteiger partial charge in [-0.2, -0.15) is 0 Å². The molecule has 1 fully saturated rings. The van der Waals surface area contributed by atoms with Crippen LogP contribution in [0.5, 0.6) is 11.5 Å². The first kappa shape index (κ1) is 21.5. The third kappa shape index (κ3) is 4.35. The lowest BCUT2D eigenvalue weighted by atomic mass is 9.67. The molecule has 0 spiro atoms. The van der Waals surface area contributed by atoms with E-state index >= 15 is 0 Å². The van der Waals surface area contributed by atoms with E-state index in [1.807, 2.05) is 30.3 Å². The van der Waals surface area contributed by atoms with Crippen molar-refractivity contribution in [2.45, 2.75) is 24.4 Å². The van der Waals surface area contributed by atoms with Crippen molar-refractivity contribution in [2.75, 3.05) is 26.2 Å². The summed E-state index contributed by atoms with van der Waals surface area (Å²) in [5, 5.41) is 2.65. The fourth-order valence-electron chi connectivity index (χ4n) is 4.45. The van der Waals surface area contributed by atoms with Crippen LogP contribution in [0, 0.1) is 0 Å². The Labute approximate surface area is 188 Å². The minimum Gasteiger partial charge on any atom is -0.497 e. The lowest BCUT2D eigenvalue weighted by Gasteiger charge is -2.46. The number of benzene rings is 3. The maximum absolute atomic E-state index is 6.71. The van der Waals surface area contributed by atoms with Gasteiger partial charge in [0.15, 0.2) is 0 Å². The van der Waals surface area contributed by atoms with Crippen LogP contribution in [0.4, 0.5) is 5.69 Å². The van der Waals surface area contributed by atoms with Gasteiger partial charge in [0.05, 0.1) is 31.1 Å². The van der Waals surface area contributed by atoms with E-state index in [-0.39, 0.29) is 11.6 Å². The predicted molar refractivity (Wildman–Crippen MR) is 126 cm³/mol. The molecule has 0 bridgehead atoms. The van der Waals surface area contributed by atoms with Crippen molar-refractivity contribution in [1.29, 1.82) is 0 Å². The van der Waals surface area contributed by atoms with Gasteiger partial charge in [-0.25, -0.2) is 5.01 Å². The summed E-state index contributed by atoms with van der Waals surface area (Å²) in [7, 11) is 3.30. The van der Waals surface area contributed by atoms with Crippen LogP contribution in [0.3, 0.4) is 0 Å². The molecule has 1 aliphatic heterocycles. The summed E-state index contributed by atoms with van der Waals surface area (Å²) < 4.78 is 10.6. The van der Waals surface area contributed by atoms with E-state index in [1.165, 1.54) is 11.1 Å². The molecule has 4 rings (SSSR count). The van der Waals surface area contributed by atoms with Gasteiger partial charge in [0.25, 0.3) is 0 Å². The van der Waals surface area contributed by atoms with Crippen molar-refractivity contribution >= 4 is 17.3 Å². The maximum atomic E-state index is 6.71. The summed E-state index contributed by atoms with van der Waals surface area (Å²) in [5.41, 5.74) is 13.4. The summed E-state index contributed by atoms with van der Waals surface area (Å²) in [4.78, 5) is 0. The van der Waals surface area contributed by atoms with E-state index in [4.69, 9.17) is 26.8 Å². The molecule has 1 heterocycles. The zero-order chi connectivity index (χ0) is 21.8. The molecule has 0 amide bonds. The van der Waals surface area contributed by atoms with Crippen LogP contribution < -0.4 is 20.6 Å². The molecule has 2 unspecified atom stereocenters. The lowest BCUT2D eigenvalue weighted by molar-refractivity contribution is 0.139. The fourth-order valence-corrected chi connectivity index (χ4v) is 4.70. The van der Waals surface area contributed by atoms with E-state index in [0.29, 0.717) is 10.8 Å². The van der Waals surface area contributed by atoms with E-state index in [0.717, 1.165) is 30.8 Å². The van der Waals surface area contributed by atoms with Gasteiger partial charge in [-0.05, 0) is 54.3 Å². The second-order valence-electron chi connectivity index (χ2n) is 7.85. The largest absolute Gasteiger partial charge is 0.497 e. The van der Waals surface area contributed by atoms with E-state index in [2.05, 4.69) is 52.9 Å². The van der Waals surface area contributed by atoms with E-state index < -0.39 is 0 Å². The highest BCUT2D eigenvalue weighted by atomic mass is 35.5. The SMILES string of the molecule is COc1ccc(C2(c3ccccc3)CCN(Nc3ccc(OC)c(Cl)c3)C(N)C2)cc1. The van der Waals surface area contributed by atoms with Crippen LogP contribution >= 0.6 is 11.6 Å². The molecule has 0 radical (unpaired) electrons. The number of nitrogens with one attached hydrogen (secondary N) is 1. The molecule has 6 heteroatoms. The molecule has 31 heavy (non-hydrogen) atoms. The number of anilines is 1. The molecule has 5 nitrogen and oxygen atoms in total. The Bertz CT molecular complexity index is 1010. The van der Waals surface area contributed by atoms with E-state index in [1.54, 1.807) is 14.2 Å². The Morgan fingerprint density at radius 3 is 2.29 bits per heavy atom. The topological polar surface area (TPSA) is 59.8 Å². The zero-order valence-electron chi connectivity index (χ0n) is 17.8. The summed E-state index contributed by atoms with van der Waals surface area (Å²) in [5.74, 6) is 1.50. The number of hydrogen-bond donors (Lipinski definition) is 2. The molecular weight excluding hydrogens is 410 g/mol. The smallest absolute Gasteiger partial charge is 0.137 e. The highest BCUT2D eigenvalue weighted by molar-refractivity contribution is 6.32. The average Bonchev–Trinajstić information content (AvgIpc) is 2.81. The molecular formula is C25H28ClN3O2. The Morgan fingerprint density at radius 2 is 1.68 bits per heavy atom. The highest BCUT2D eigenvalue weighted by Crippen LogP contribution is 2.43. The van der Waals surface area contributed by atoms with Crippen LogP contribution in [0.1, 0.15) is 24.0 Å². The van der Waals surface area contributed by atoms with Crippen molar-refractivity contribution in [2.24, 2.45) is 5.73 Å². The Morgan fingerprint density at radius 1 is 0.968 bits per heavy atom. The van der Waals surface area contributed by atoms with Gasteiger partial charge in [0, 0.05) is 12.0 Å². The highest BCUT2D eigenvalue weighted by Gasteiger charge is 2.41. The predicted octanol–water partition coefficient (Wildman–Crippen LogP) is 5.05. The molecule has 0 aromatic heterocycles. The number of nitrogens with two attached hydrogens (primary N) is 1. The second kappa shape index (κ2) is 9.18. The maximum Gasteiger partial charge on any atom is 0.137 e. The van der Waals surface area contributed by atoms with Crippen LogP contribution in [0.15, 0.2) is 72.8 Å². The summed E-state index contributed by atoms with van der Waals surface area (Å²) >= 11 is 6.29. The number of methoxy groups -OCH3 is 2. The van der Waals surface area contributed by atoms with Gasteiger partial charge in [-0.1, -0.05) is 54.1 Å². The Kier molecular flexibility index (Phi) is 6.37. The monoisotopic (exact) mass is 437 g/mol. The first-order valence-electron chi connectivity index (χ1n) is 10.4. The number of halogens is 1. The standard InChI is InChI=1S/C25H28ClN3O2/c1-30-21-11-8-19(9-12-21)25(18-6-4-3-5-7-18)14-15-29(24(27)17-25)28-20-10-13-23(31-2)22(26)16-20/h3-13,16,24,28H,14-15,17,27H2,1-2H3. The van der Waals surface area contributed by atoms with Crippen molar-refractivity contribution in [3.63, 3.8) is 0 Å². The average molecular weight is 438 g/mol. The number of ether oxygens (including phenoxy) is 2. The molecule has 1 aliphatic rings. The van der Waals surface area contributed by atoms with Gasteiger partial charge < -0.3 is 20.6 Å². The quantitative estimate of drug-likeness (QED) is 0.565. The first-order chi connectivity index (χ1) is 15.1. The number of nitrogens with zero attached hydrogens (tertiary/aromatic N) is 1. The fraction of sp³-hybridized carbons (Fsp3) is 0.280. The van der Waals surface area contributed by atoms with Gasteiger partial charge >= 0.3 is 0 Å². The molecule has 2 atom stereocenters. The minimum atomic E-state index is -0.183. The molecule has 3 N–H and O–H groups in total. The van der Waals surface area contributed by atoms with Gasteiger partial charge in [-0.3, -0.25) is 0 Å². The number of piperidine rings is 1. The molecule has 3 aromatic carbocycles. The lowest BCUT2D eigenvalue weighted by Crippen LogP contribution is -2.55. The molecule has 0 aliphatic carbocycles. The number of hydrogen-bond acceptors (Lipinski definition) is 5. The van der Waals surface area contributed by atoms with Gasteiger partial charge in [-0.15, -0.1) is 0 Å². The Hall–Kier alpha value is -2.73. The van der Waals surface area contributed by atoms with Crippen LogP contribution in [-0.2, 0) is 5.41 Å². The second-order valence-corrected chi connectivity index (χ2v) is 8.26. The summed E-state index contributed by atoms with van der Waals surface area (Å²) in [6.45, 7) is 0.783.